The molecule has 0 fully saturated rings. The summed E-state index contributed by atoms with van der Waals surface area (Å²) in [5, 5.41) is 3.38. The third-order valence-electron chi connectivity index (χ3n) is 3.89. The number of amides is 2. The molecule has 1 heterocycles. The fourth-order valence-corrected chi connectivity index (χ4v) is 2.81. The van der Waals surface area contributed by atoms with Crippen molar-refractivity contribution in [3.05, 3.63) is 53.1 Å². The van der Waals surface area contributed by atoms with Crippen LogP contribution in [-0.2, 0) is 16.0 Å². The minimum atomic E-state index is -0.511. The summed E-state index contributed by atoms with van der Waals surface area (Å²) < 4.78 is 5.56. The Hall–Kier alpha value is -2.53. The average molecular weight is 345 g/mol. The molecule has 24 heavy (non-hydrogen) atoms. The van der Waals surface area contributed by atoms with Crippen molar-refractivity contribution in [3.8, 4) is 5.75 Å². The van der Waals surface area contributed by atoms with Gasteiger partial charge < -0.3 is 15.0 Å². The predicted molar refractivity (Wildman–Crippen MR) is 93.7 cm³/mol. The lowest BCUT2D eigenvalue weighted by atomic mass is 10.1. The standard InChI is InChI=1S/C18H17ClN2O3/c1-11-18(23)21(2)15-10-13(7-8-16(15)24-11)20-17(22)9-12-5-3-4-6-14(12)19/h3-8,10-11H,9H2,1-2H3,(H,20,22). The molecular formula is C18H17ClN2O3. The Balaban J connectivity index is 1.76. The number of halogens is 1. The molecule has 1 atom stereocenters. The van der Waals surface area contributed by atoms with Crippen molar-refractivity contribution >= 4 is 34.8 Å². The van der Waals surface area contributed by atoms with E-state index in [2.05, 4.69) is 5.32 Å². The number of anilines is 2. The van der Waals surface area contributed by atoms with Crippen molar-refractivity contribution in [2.24, 2.45) is 0 Å². The maximum Gasteiger partial charge on any atom is 0.267 e. The quantitative estimate of drug-likeness (QED) is 0.929. The molecule has 2 amide bonds. The van der Waals surface area contributed by atoms with Crippen LogP contribution >= 0.6 is 11.6 Å². The minimum Gasteiger partial charge on any atom is -0.479 e. The van der Waals surface area contributed by atoms with Crippen molar-refractivity contribution in [2.75, 3.05) is 17.3 Å². The van der Waals surface area contributed by atoms with Gasteiger partial charge in [0.05, 0.1) is 12.1 Å². The van der Waals surface area contributed by atoms with E-state index in [1.54, 1.807) is 38.2 Å². The molecule has 0 saturated heterocycles. The van der Waals surface area contributed by atoms with Crippen molar-refractivity contribution in [3.63, 3.8) is 0 Å². The molecule has 3 rings (SSSR count). The number of benzene rings is 2. The Morgan fingerprint density at radius 3 is 2.79 bits per heavy atom. The van der Waals surface area contributed by atoms with Crippen LogP contribution < -0.4 is 15.0 Å². The van der Waals surface area contributed by atoms with Gasteiger partial charge in [-0.05, 0) is 36.8 Å². The van der Waals surface area contributed by atoms with Crippen molar-refractivity contribution in [2.45, 2.75) is 19.4 Å². The van der Waals surface area contributed by atoms with Gasteiger partial charge in [-0.3, -0.25) is 9.59 Å². The number of nitrogens with one attached hydrogen (secondary N) is 1. The number of hydrogen-bond donors (Lipinski definition) is 1. The van der Waals surface area contributed by atoms with Crippen LogP contribution in [0.5, 0.6) is 5.75 Å². The number of ether oxygens (including phenoxy) is 1. The number of likely N-dealkylation sites (N-methyl/N-ethyl adjacent to an activating group) is 1. The lowest BCUT2D eigenvalue weighted by molar-refractivity contribution is -0.125. The van der Waals surface area contributed by atoms with Gasteiger partial charge in [0.1, 0.15) is 5.75 Å². The summed E-state index contributed by atoms with van der Waals surface area (Å²) in [7, 11) is 1.69. The zero-order chi connectivity index (χ0) is 17.3. The van der Waals surface area contributed by atoms with Crippen molar-refractivity contribution in [1.82, 2.24) is 0 Å². The van der Waals surface area contributed by atoms with Gasteiger partial charge in [-0.15, -0.1) is 0 Å². The SMILES string of the molecule is CC1Oc2ccc(NC(=O)Cc3ccccc3Cl)cc2N(C)C1=O. The number of rotatable bonds is 3. The molecule has 1 aliphatic rings. The van der Waals surface area contributed by atoms with Gasteiger partial charge in [-0.2, -0.15) is 0 Å². The fourth-order valence-electron chi connectivity index (χ4n) is 2.61. The van der Waals surface area contributed by atoms with Crippen molar-refractivity contribution < 1.29 is 14.3 Å². The molecule has 0 radical (unpaired) electrons. The van der Waals surface area contributed by atoms with Gasteiger partial charge in [0.2, 0.25) is 5.91 Å². The first kappa shape index (κ1) is 16.3. The second-order valence-corrected chi connectivity index (χ2v) is 6.06. The predicted octanol–water partition coefficient (Wildman–Crippen LogP) is 3.26. The summed E-state index contributed by atoms with van der Waals surface area (Å²) in [5.74, 6) is 0.317. The van der Waals surface area contributed by atoms with E-state index < -0.39 is 6.10 Å². The Morgan fingerprint density at radius 2 is 2.04 bits per heavy atom. The van der Waals surface area contributed by atoms with Gasteiger partial charge >= 0.3 is 0 Å². The third kappa shape index (κ3) is 3.21. The highest BCUT2D eigenvalue weighted by atomic mass is 35.5. The normalized spacial score (nSPS) is 16.4. The van der Waals surface area contributed by atoms with Crippen LogP contribution in [0.15, 0.2) is 42.5 Å². The summed E-state index contributed by atoms with van der Waals surface area (Å²) in [6.07, 6.45) is -0.331. The molecule has 2 aromatic rings. The highest BCUT2D eigenvalue weighted by molar-refractivity contribution is 6.31. The smallest absolute Gasteiger partial charge is 0.267 e. The monoisotopic (exact) mass is 344 g/mol. The van der Waals surface area contributed by atoms with Crippen LogP contribution in [0.3, 0.4) is 0 Å². The molecule has 0 aromatic heterocycles. The molecule has 124 valence electrons. The van der Waals surface area contributed by atoms with E-state index in [-0.39, 0.29) is 18.2 Å². The maximum absolute atomic E-state index is 12.2. The minimum absolute atomic E-state index is 0.123. The highest BCUT2D eigenvalue weighted by Crippen LogP contribution is 2.35. The van der Waals surface area contributed by atoms with Gasteiger partial charge in [0.25, 0.3) is 5.91 Å². The number of carbonyl (C=O) groups is 2. The summed E-state index contributed by atoms with van der Waals surface area (Å²) >= 11 is 6.07. The summed E-state index contributed by atoms with van der Waals surface area (Å²) in [5.41, 5.74) is 2.00. The highest BCUT2D eigenvalue weighted by Gasteiger charge is 2.29. The average Bonchev–Trinajstić information content (AvgIpc) is 2.55. The molecule has 0 bridgehead atoms. The van der Waals surface area contributed by atoms with Crippen LogP contribution in [0.1, 0.15) is 12.5 Å². The van der Waals surface area contributed by atoms with Gasteiger partial charge in [-0.25, -0.2) is 0 Å². The fraction of sp³-hybridized carbons (Fsp3) is 0.222. The lowest BCUT2D eigenvalue weighted by Gasteiger charge is -2.30. The van der Waals surface area contributed by atoms with Crippen LogP contribution in [0, 0.1) is 0 Å². The molecule has 5 nitrogen and oxygen atoms in total. The first-order chi connectivity index (χ1) is 11.5. The molecule has 0 aliphatic carbocycles. The van der Waals surface area contributed by atoms with E-state index in [4.69, 9.17) is 16.3 Å². The summed E-state index contributed by atoms with van der Waals surface area (Å²) in [6.45, 7) is 1.71. The Morgan fingerprint density at radius 1 is 1.29 bits per heavy atom. The topological polar surface area (TPSA) is 58.6 Å². The van der Waals surface area contributed by atoms with E-state index in [1.807, 2.05) is 18.2 Å². The molecular weight excluding hydrogens is 328 g/mol. The number of carbonyl (C=O) groups excluding carboxylic acids is 2. The number of nitrogens with zero attached hydrogens (tertiary/aromatic N) is 1. The molecule has 1 unspecified atom stereocenters. The van der Waals surface area contributed by atoms with E-state index >= 15 is 0 Å². The Kier molecular flexibility index (Phi) is 4.44. The molecule has 1 aliphatic heterocycles. The van der Waals surface area contributed by atoms with Crippen LogP contribution in [0.4, 0.5) is 11.4 Å². The molecule has 1 N–H and O–H groups in total. The van der Waals surface area contributed by atoms with E-state index in [9.17, 15) is 9.59 Å². The van der Waals surface area contributed by atoms with E-state index in [1.165, 1.54) is 4.90 Å². The second-order valence-electron chi connectivity index (χ2n) is 5.66. The second kappa shape index (κ2) is 6.53. The summed E-state index contributed by atoms with van der Waals surface area (Å²) in [6, 6.07) is 12.5. The largest absolute Gasteiger partial charge is 0.479 e. The lowest BCUT2D eigenvalue weighted by Crippen LogP contribution is -2.42. The van der Waals surface area contributed by atoms with Gasteiger partial charge in [-0.1, -0.05) is 29.8 Å². The van der Waals surface area contributed by atoms with E-state index in [0.29, 0.717) is 22.1 Å². The summed E-state index contributed by atoms with van der Waals surface area (Å²) in [4.78, 5) is 25.8. The number of fused-ring (bicyclic) bond motifs is 1. The van der Waals surface area contributed by atoms with Crippen molar-refractivity contribution in [1.29, 1.82) is 0 Å². The Labute approximate surface area is 145 Å². The molecule has 2 aromatic carbocycles. The Bertz CT molecular complexity index is 807. The zero-order valence-corrected chi connectivity index (χ0v) is 14.1. The molecule has 6 heteroatoms. The molecule has 0 spiro atoms. The maximum atomic E-state index is 12.2. The first-order valence-electron chi connectivity index (χ1n) is 7.57. The van der Waals surface area contributed by atoms with Crippen LogP contribution in [0.25, 0.3) is 0 Å². The van der Waals surface area contributed by atoms with Gasteiger partial charge in [0.15, 0.2) is 6.10 Å². The molecule has 0 saturated carbocycles. The number of hydrogen-bond acceptors (Lipinski definition) is 3. The first-order valence-corrected chi connectivity index (χ1v) is 7.95. The van der Waals surface area contributed by atoms with Crippen LogP contribution in [-0.4, -0.2) is 25.0 Å². The zero-order valence-electron chi connectivity index (χ0n) is 13.4. The van der Waals surface area contributed by atoms with E-state index in [0.717, 1.165) is 5.56 Å². The van der Waals surface area contributed by atoms with Gasteiger partial charge in [0, 0.05) is 17.8 Å². The third-order valence-corrected chi connectivity index (χ3v) is 4.26. The van der Waals surface area contributed by atoms with Crippen LogP contribution in [0.2, 0.25) is 5.02 Å².